The molecule has 0 bridgehead atoms. The van der Waals surface area contributed by atoms with Crippen LogP contribution in [0.2, 0.25) is 18.1 Å². The number of hydrogen-bond acceptors (Lipinski definition) is 4. The Labute approximate surface area is 174 Å². The van der Waals surface area contributed by atoms with Crippen molar-refractivity contribution in [1.29, 1.82) is 0 Å². The molecule has 2 saturated carbocycles. The highest BCUT2D eigenvalue weighted by molar-refractivity contribution is 9.10. The predicted octanol–water partition coefficient (Wildman–Crippen LogP) is 5.49. The number of ether oxygens (including phenoxy) is 1. The molecule has 0 N–H and O–H groups in total. The molecule has 0 aromatic heterocycles. The van der Waals surface area contributed by atoms with Gasteiger partial charge in [0.05, 0.1) is 16.8 Å². The molecule has 0 spiro atoms. The van der Waals surface area contributed by atoms with E-state index < -0.39 is 24.2 Å². The summed E-state index contributed by atoms with van der Waals surface area (Å²) in [6.45, 7) is 17.2. The third-order valence-electron chi connectivity index (χ3n) is 7.59. The molecule has 0 radical (unpaired) electrons. The number of carbonyl (C=O) groups excluding carboxylic acids is 2. The van der Waals surface area contributed by atoms with Gasteiger partial charge in [-0.25, -0.2) is 0 Å². The first-order valence-electron chi connectivity index (χ1n) is 10.3. The molecule has 5 atom stereocenters. The second kappa shape index (κ2) is 7.56. The van der Waals surface area contributed by atoms with E-state index in [1.54, 1.807) is 0 Å². The number of ketones is 1. The van der Waals surface area contributed by atoms with Gasteiger partial charge in [0.25, 0.3) is 0 Å². The molecule has 0 heterocycles. The maximum atomic E-state index is 13.7. The van der Waals surface area contributed by atoms with Crippen molar-refractivity contribution in [3.63, 3.8) is 0 Å². The second-order valence-corrected chi connectivity index (χ2v) is 15.8. The minimum Gasteiger partial charge on any atom is -0.466 e. The fraction of sp³-hybridized carbons (Fsp3) is 0.905. The van der Waals surface area contributed by atoms with E-state index in [0.717, 1.165) is 19.3 Å². The minimum atomic E-state index is -2.21. The molecular weight excluding hydrogens is 424 g/mol. The zero-order valence-electron chi connectivity index (χ0n) is 18.3. The quantitative estimate of drug-likeness (QED) is 0.316. The van der Waals surface area contributed by atoms with Crippen LogP contribution >= 0.6 is 15.9 Å². The van der Waals surface area contributed by atoms with E-state index in [-0.39, 0.29) is 28.6 Å². The van der Waals surface area contributed by atoms with Gasteiger partial charge in [-0.1, -0.05) is 56.5 Å². The fourth-order valence-corrected chi connectivity index (χ4v) is 7.20. The van der Waals surface area contributed by atoms with Gasteiger partial charge in [0.15, 0.2) is 14.1 Å². The van der Waals surface area contributed by atoms with Crippen LogP contribution < -0.4 is 0 Å². The smallest absolute Gasteiger partial charge is 0.312 e. The summed E-state index contributed by atoms with van der Waals surface area (Å²) in [5.74, 6) is -0.331. The van der Waals surface area contributed by atoms with Gasteiger partial charge in [-0.3, -0.25) is 9.59 Å². The van der Waals surface area contributed by atoms with Crippen molar-refractivity contribution < 1.29 is 18.8 Å². The van der Waals surface area contributed by atoms with Crippen LogP contribution in [0.4, 0.5) is 0 Å². The van der Waals surface area contributed by atoms with E-state index in [1.807, 2.05) is 20.8 Å². The van der Waals surface area contributed by atoms with Crippen LogP contribution in [0.15, 0.2) is 0 Å². The third-order valence-corrected chi connectivity index (χ3v) is 13.3. The molecular formula is C21H37BrO4Si. The van der Waals surface area contributed by atoms with Gasteiger partial charge in [0, 0.05) is 5.92 Å². The fourth-order valence-electron chi connectivity index (χ4n) is 4.70. The maximum Gasteiger partial charge on any atom is 0.312 e. The van der Waals surface area contributed by atoms with Crippen molar-refractivity contribution in [1.82, 2.24) is 0 Å². The first-order valence-corrected chi connectivity index (χ1v) is 14.1. The number of hydrogen-bond donors (Lipinski definition) is 0. The molecule has 4 nitrogen and oxygen atoms in total. The van der Waals surface area contributed by atoms with Crippen LogP contribution in [0.3, 0.4) is 0 Å². The van der Waals surface area contributed by atoms with Crippen molar-refractivity contribution in [2.24, 2.45) is 17.3 Å². The van der Waals surface area contributed by atoms with Gasteiger partial charge in [0.1, 0.15) is 5.60 Å². The molecule has 2 fully saturated rings. The van der Waals surface area contributed by atoms with Gasteiger partial charge in [0.2, 0.25) is 0 Å². The monoisotopic (exact) mass is 460 g/mol. The van der Waals surface area contributed by atoms with Crippen LogP contribution in [0.1, 0.15) is 67.2 Å². The average molecular weight is 462 g/mol. The van der Waals surface area contributed by atoms with Gasteiger partial charge >= 0.3 is 5.97 Å². The molecule has 0 aromatic rings. The Morgan fingerprint density at radius 1 is 1.30 bits per heavy atom. The van der Waals surface area contributed by atoms with E-state index in [0.29, 0.717) is 13.0 Å². The zero-order valence-corrected chi connectivity index (χ0v) is 20.9. The van der Waals surface area contributed by atoms with E-state index >= 15 is 0 Å². The standard InChI is InChI=1S/C21H37BrO4Si/c1-9-25-18(24)20(6)14(2)16(22)17(23)21(13-11-10-12-15(20)21)26-27(7,8)19(3,4)5/h14-16H,9-13H2,1-8H3/t14-,15+,16-,20-,21+/m1/s1. The molecule has 2 aliphatic rings. The molecule has 156 valence electrons. The summed E-state index contributed by atoms with van der Waals surface area (Å²) in [6, 6.07) is 0. The Morgan fingerprint density at radius 2 is 1.89 bits per heavy atom. The van der Waals surface area contributed by atoms with Crippen LogP contribution in [-0.2, 0) is 18.8 Å². The molecule has 0 saturated heterocycles. The predicted molar refractivity (Wildman–Crippen MR) is 115 cm³/mol. The zero-order chi connectivity index (χ0) is 20.8. The highest BCUT2D eigenvalue weighted by Crippen LogP contribution is 2.59. The van der Waals surface area contributed by atoms with E-state index in [1.165, 1.54) is 0 Å². The van der Waals surface area contributed by atoms with Crippen molar-refractivity contribution in [2.45, 2.75) is 95.8 Å². The molecule has 0 aromatic carbocycles. The Balaban J connectivity index is 2.61. The van der Waals surface area contributed by atoms with Crippen molar-refractivity contribution in [2.75, 3.05) is 6.61 Å². The number of halogens is 1. The lowest BCUT2D eigenvalue weighted by molar-refractivity contribution is -0.188. The summed E-state index contributed by atoms with van der Waals surface area (Å²) in [6.07, 6.45) is 3.52. The largest absolute Gasteiger partial charge is 0.466 e. The van der Waals surface area contributed by atoms with Crippen molar-refractivity contribution in [3.8, 4) is 0 Å². The minimum absolute atomic E-state index is 0.00473. The molecule has 27 heavy (non-hydrogen) atoms. The first kappa shape index (κ1) is 23.1. The lowest BCUT2D eigenvalue weighted by atomic mass is 9.51. The van der Waals surface area contributed by atoms with E-state index in [2.05, 4.69) is 49.8 Å². The second-order valence-electron chi connectivity index (χ2n) is 10.1. The van der Waals surface area contributed by atoms with Crippen molar-refractivity contribution in [3.05, 3.63) is 0 Å². The molecule has 6 heteroatoms. The third kappa shape index (κ3) is 3.59. The molecule has 0 amide bonds. The number of alkyl halides is 1. The number of carbonyl (C=O) groups is 2. The van der Waals surface area contributed by atoms with Crippen LogP contribution in [0.5, 0.6) is 0 Å². The topological polar surface area (TPSA) is 52.6 Å². The van der Waals surface area contributed by atoms with E-state index in [9.17, 15) is 9.59 Å². The van der Waals surface area contributed by atoms with Gasteiger partial charge < -0.3 is 9.16 Å². The Hall–Kier alpha value is -0.203. The number of rotatable bonds is 4. The molecule has 2 aliphatic carbocycles. The molecule has 0 aliphatic heterocycles. The Kier molecular flexibility index (Phi) is 6.46. The highest BCUT2D eigenvalue weighted by atomic mass is 79.9. The Morgan fingerprint density at radius 3 is 2.41 bits per heavy atom. The average Bonchev–Trinajstić information content (AvgIpc) is 2.57. The molecule has 0 unspecified atom stereocenters. The summed E-state index contributed by atoms with van der Waals surface area (Å²) < 4.78 is 12.5. The van der Waals surface area contributed by atoms with Gasteiger partial charge in [-0.15, -0.1) is 0 Å². The number of Topliss-reactive ketones (excluding diaryl/α,β-unsaturated/α-hetero) is 1. The first-order chi connectivity index (χ1) is 12.3. The Bertz CT molecular complexity index is 599. The lowest BCUT2D eigenvalue weighted by Gasteiger charge is -2.59. The maximum absolute atomic E-state index is 13.7. The van der Waals surface area contributed by atoms with Gasteiger partial charge in [-0.05, 0) is 50.7 Å². The summed E-state index contributed by atoms with van der Waals surface area (Å²) in [7, 11) is -2.21. The number of esters is 1. The summed E-state index contributed by atoms with van der Waals surface area (Å²) in [4.78, 5) is 26.4. The summed E-state index contributed by atoms with van der Waals surface area (Å²) in [5, 5.41) is -0.00473. The molecule has 2 rings (SSSR count). The lowest BCUT2D eigenvalue weighted by Crippen LogP contribution is -2.70. The SMILES string of the molecule is CCOC(=O)[C@]1(C)[C@H](C)[C@@H](Br)C(=O)[C@]2(O[Si](C)(C)C(C)(C)C)CCCC[C@@H]12. The van der Waals surface area contributed by atoms with Crippen LogP contribution in [0.25, 0.3) is 0 Å². The van der Waals surface area contributed by atoms with E-state index in [4.69, 9.17) is 9.16 Å². The van der Waals surface area contributed by atoms with Crippen LogP contribution in [0, 0.1) is 17.3 Å². The van der Waals surface area contributed by atoms with Crippen molar-refractivity contribution >= 4 is 36.0 Å². The summed E-state index contributed by atoms with van der Waals surface area (Å²) >= 11 is 3.65. The van der Waals surface area contributed by atoms with Gasteiger partial charge in [-0.2, -0.15) is 0 Å². The normalized spacial score (nSPS) is 37.7. The van der Waals surface area contributed by atoms with Crippen LogP contribution in [-0.4, -0.2) is 37.1 Å². The summed E-state index contributed by atoms with van der Waals surface area (Å²) in [5.41, 5.74) is -1.62. The highest BCUT2D eigenvalue weighted by Gasteiger charge is 2.67. The number of fused-ring (bicyclic) bond motifs is 1.